The van der Waals surface area contributed by atoms with E-state index < -0.39 is 11.2 Å². The molecule has 1 aliphatic heterocycles. The zero-order valence-corrected chi connectivity index (χ0v) is 15.5. The SMILES string of the molecule is CC(=O)N1N=C(COc2cccc3ccccc23)OC1c1ccc([N+](=O)[O-])cc1. The Balaban J connectivity index is 1.52. The van der Waals surface area contributed by atoms with Crippen molar-refractivity contribution in [3.05, 3.63) is 82.4 Å². The van der Waals surface area contributed by atoms with Crippen LogP contribution in [-0.2, 0) is 9.53 Å². The number of benzene rings is 3. The summed E-state index contributed by atoms with van der Waals surface area (Å²) in [6.07, 6.45) is -0.792. The molecule has 3 aromatic rings. The Labute approximate surface area is 166 Å². The Kier molecular flexibility index (Phi) is 4.82. The van der Waals surface area contributed by atoms with Crippen molar-refractivity contribution in [2.24, 2.45) is 5.10 Å². The maximum Gasteiger partial charge on any atom is 0.269 e. The highest BCUT2D eigenvalue weighted by Crippen LogP contribution is 2.30. The molecule has 1 atom stereocenters. The van der Waals surface area contributed by atoms with Gasteiger partial charge in [-0.05, 0) is 23.6 Å². The highest BCUT2D eigenvalue weighted by molar-refractivity contribution is 5.89. The summed E-state index contributed by atoms with van der Waals surface area (Å²) in [7, 11) is 0. The number of hydrogen-bond donors (Lipinski definition) is 0. The van der Waals surface area contributed by atoms with Crippen molar-refractivity contribution in [3.63, 3.8) is 0 Å². The lowest BCUT2D eigenvalue weighted by atomic mass is 10.1. The van der Waals surface area contributed by atoms with Crippen LogP contribution in [0.1, 0.15) is 18.7 Å². The molecule has 0 bridgehead atoms. The number of nitro benzene ring substituents is 1. The number of carbonyl (C=O) groups excluding carboxylic acids is 1. The van der Waals surface area contributed by atoms with Crippen molar-refractivity contribution >= 4 is 28.3 Å². The molecule has 0 saturated heterocycles. The first-order valence-corrected chi connectivity index (χ1v) is 8.92. The summed E-state index contributed by atoms with van der Waals surface area (Å²) < 4.78 is 11.7. The fraction of sp³-hybridized carbons (Fsp3) is 0.143. The Bertz CT molecular complexity index is 1110. The molecule has 4 rings (SSSR count). The third-order valence-electron chi connectivity index (χ3n) is 4.50. The van der Waals surface area contributed by atoms with Crippen molar-refractivity contribution < 1.29 is 19.2 Å². The van der Waals surface area contributed by atoms with Gasteiger partial charge in [0.05, 0.1) is 4.92 Å². The number of amides is 1. The van der Waals surface area contributed by atoms with E-state index in [2.05, 4.69) is 5.10 Å². The largest absolute Gasteiger partial charge is 0.483 e. The number of non-ortho nitro benzene ring substituents is 1. The average Bonchev–Trinajstić information content (AvgIpc) is 3.17. The lowest BCUT2D eigenvalue weighted by Gasteiger charge is -2.19. The van der Waals surface area contributed by atoms with Gasteiger partial charge in [0.1, 0.15) is 5.75 Å². The zero-order valence-electron chi connectivity index (χ0n) is 15.5. The van der Waals surface area contributed by atoms with Crippen molar-refractivity contribution in [2.45, 2.75) is 13.2 Å². The second kappa shape index (κ2) is 7.59. The van der Waals surface area contributed by atoms with Gasteiger partial charge >= 0.3 is 0 Å². The monoisotopic (exact) mass is 391 g/mol. The van der Waals surface area contributed by atoms with Crippen molar-refractivity contribution in [2.75, 3.05) is 6.61 Å². The summed E-state index contributed by atoms with van der Waals surface area (Å²) in [4.78, 5) is 22.3. The average molecular weight is 391 g/mol. The predicted octanol–water partition coefficient (Wildman–Crippen LogP) is 4.02. The Morgan fingerprint density at radius 2 is 1.86 bits per heavy atom. The molecule has 29 heavy (non-hydrogen) atoms. The Hall–Kier alpha value is -3.94. The molecule has 0 aliphatic carbocycles. The van der Waals surface area contributed by atoms with Crippen molar-refractivity contribution in [1.29, 1.82) is 0 Å². The first-order chi connectivity index (χ1) is 14.0. The molecular weight excluding hydrogens is 374 g/mol. The van der Waals surface area contributed by atoms with E-state index in [9.17, 15) is 14.9 Å². The number of nitro groups is 1. The minimum Gasteiger partial charge on any atom is -0.483 e. The molecule has 0 aromatic heterocycles. The molecule has 0 N–H and O–H groups in total. The fourth-order valence-electron chi connectivity index (χ4n) is 3.10. The van der Waals surface area contributed by atoms with Gasteiger partial charge < -0.3 is 9.47 Å². The van der Waals surface area contributed by atoms with Crippen LogP contribution in [0.4, 0.5) is 5.69 Å². The first kappa shape index (κ1) is 18.4. The fourth-order valence-corrected chi connectivity index (χ4v) is 3.10. The molecule has 0 saturated carbocycles. The predicted molar refractivity (Wildman–Crippen MR) is 106 cm³/mol. The van der Waals surface area contributed by atoms with Crippen LogP contribution in [0, 0.1) is 10.1 Å². The molecule has 1 amide bonds. The summed E-state index contributed by atoms with van der Waals surface area (Å²) in [5.74, 6) is 0.618. The van der Waals surface area contributed by atoms with Gasteiger partial charge in [0, 0.05) is 30.0 Å². The quantitative estimate of drug-likeness (QED) is 0.484. The van der Waals surface area contributed by atoms with E-state index in [1.165, 1.54) is 24.1 Å². The molecule has 1 unspecified atom stereocenters. The smallest absolute Gasteiger partial charge is 0.269 e. The van der Waals surface area contributed by atoms with Crippen LogP contribution >= 0.6 is 0 Å². The molecule has 1 heterocycles. The zero-order chi connectivity index (χ0) is 20.4. The molecule has 3 aromatic carbocycles. The molecule has 1 aliphatic rings. The number of ether oxygens (including phenoxy) is 2. The lowest BCUT2D eigenvalue weighted by molar-refractivity contribution is -0.384. The first-order valence-electron chi connectivity index (χ1n) is 8.92. The van der Waals surface area contributed by atoms with E-state index in [1.54, 1.807) is 12.1 Å². The van der Waals surface area contributed by atoms with E-state index in [0.717, 1.165) is 10.8 Å². The van der Waals surface area contributed by atoms with E-state index in [0.29, 0.717) is 11.3 Å². The van der Waals surface area contributed by atoms with Crippen LogP contribution in [0.25, 0.3) is 10.8 Å². The minimum absolute atomic E-state index is 0.0402. The number of fused-ring (bicyclic) bond motifs is 1. The van der Waals surface area contributed by atoms with Gasteiger partial charge in [0.2, 0.25) is 18.0 Å². The summed E-state index contributed by atoms with van der Waals surface area (Å²) in [5.41, 5.74) is 0.538. The van der Waals surface area contributed by atoms with Crippen LogP contribution in [0.5, 0.6) is 5.75 Å². The van der Waals surface area contributed by atoms with Gasteiger partial charge in [-0.15, -0.1) is 5.10 Å². The van der Waals surface area contributed by atoms with Gasteiger partial charge in [0.15, 0.2) is 6.61 Å². The minimum atomic E-state index is -0.792. The number of nitrogens with zero attached hydrogens (tertiary/aromatic N) is 3. The summed E-state index contributed by atoms with van der Waals surface area (Å²) in [6.45, 7) is 1.42. The maximum atomic E-state index is 12.0. The number of carbonyl (C=O) groups is 1. The molecule has 146 valence electrons. The molecule has 0 spiro atoms. The van der Waals surface area contributed by atoms with Crippen LogP contribution < -0.4 is 4.74 Å². The van der Waals surface area contributed by atoms with Gasteiger partial charge in [-0.3, -0.25) is 14.9 Å². The van der Waals surface area contributed by atoms with Crippen molar-refractivity contribution in [1.82, 2.24) is 5.01 Å². The Morgan fingerprint density at radius 3 is 2.59 bits per heavy atom. The van der Waals surface area contributed by atoms with Crippen LogP contribution in [0.15, 0.2) is 71.8 Å². The Morgan fingerprint density at radius 1 is 1.14 bits per heavy atom. The molecular formula is C21H17N3O5. The summed E-state index contributed by atoms with van der Waals surface area (Å²) in [5, 5.41) is 18.3. The second-order valence-corrected chi connectivity index (χ2v) is 6.44. The lowest BCUT2D eigenvalue weighted by Crippen LogP contribution is -2.25. The van der Waals surface area contributed by atoms with Gasteiger partial charge in [-0.25, -0.2) is 0 Å². The third-order valence-corrected chi connectivity index (χ3v) is 4.50. The van der Waals surface area contributed by atoms with Gasteiger partial charge in [-0.2, -0.15) is 5.01 Å². The van der Waals surface area contributed by atoms with E-state index in [4.69, 9.17) is 9.47 Å². The van der Waals surface area contributed by atoms with Crippen LogP contribution in [-0.4, -0.2) is 28.3 Å². The number of hydrogen-bond acceptors (Lipinski definition) is 6. The topological polar surface area (TPSA) is 94.3 Å². The third kappa shape index (κ3) is 3.73. The summed E-state index contributed by atoms with van der Waals surface area (Å²) >= 11 is 0. The normalized spacial score (nSPS) is 15.7. The molecule has 8 heteroatoms. The highest BCUT2D eigenvalue weighted by Gasteiger charge is 2.33. The second-order valence-electron chi connectivity index (χ2n) is 6.44. The van der Waals surface area contributed by atoms with E-state index in [-0.39, 0.29) is 24.1 Å². The highest BCUT2D eigenvalue weighted by atomic mass is 16.6. The van der Waals surface area contributed by atoms with E-state index >= 15 is 0 Å². The van der Waals surface area contributed by atoms with Crippen molar-refractivity contribution in [3.8, 4) is 5.75 Å². The maximum absolute atomic E-state index is 12.0. The van der Waals surface area contributed by atoms with Crippen LogP contribution in [0.3, 0.4) is 0 Å². The number of rotatable bonds is 5. The molecule has 0 fully saturated rings. The van der Waals surface area contributed by atoms with Gasteiger partial charge in [0.25, 0.3) is 5.69 Å². The van der Waals surface area contributed by atoms with Crippen LogP contribution in [0.2, 0.25) is 0 Å². The summed E-state index contributed by atoms with van der Waals surface area (Å²) in [6, 6.07) is 19.4. The van der Waals surface area contributed by atoms with E-state index in [1.807, 2.05) is 42.5 Å². The van der Waals surface area contributed by atoms with Gasteiger partial charge in [-0.1, -0.05) is 36.4 Å². The number of hydrazone groups is 1. The molecule has 8 nitrogen and oxygen atoms in total. The standard InChI is InChI=1S/C21H17N3O5/c1-14(25)23-21(16-9-11-17(12-10-16)24(26)27)29-20(22-23)13-28-19-8-4-6-15-5-2-3-7-18(15)19/h2-12,21H,13H2,1H3. The molecule has 0 radical (unpaired) electrons.